The number of carbonyl (C=O) groups is 1. The number of halogens is 3. The minimum Gasteiger partial charge on any atom is -0.379 e. The Bertz CT molecular complexity index is 233. The van der Waals surface area contributed by atoms with Crippen LogP contribution in [0.25, 0.3) is 0 Å². The van der Waals surface area contributed by atoms with Gasteiger partial charge in [0.05, 0.1) is 6.61 Å². The molecule has 96 valence electrons. The van der Waals surface area contributed by atoms with Gasteiger partial charge in [0.15, 0.2) is 0 Å². The summed E-state index contributed by atoms with van der Waals surface area (Å²) in [4.78, 5) is 11.0. The van der Waals surface area contributed by atoms with Crippen molar-refractivity contribution in [1.82, 2.24) is 5.32 Å². The Morgan fingerprint density at radius 1 is 1.44 bits per heavy atom. The third kappa shape index (κ3) is 5.92. The van der Waals surface area contributed by atoms with Crippen LogP contribution >= 0.6 is 0 Å². The van der Waals surface area contributed by atoms with Gasteiger partial charge in [-0.15, -0.1) is 0 Å². The molecule has 0 aromatic carbocycles. The molecule has 16 heavy (non-hydrogen) atoms. The Morgan fingerprint density at radius 3 is 2.38 bits per heavy atom. The number of rotatable bonds is 7. The smallest absolute Gasteiger partial charge is 0.379 e. The molecule has 1 amide bonds. The van der Waals surface area contributed by atoms with Crippen molar-refractivity contribution in [3.63, 3.8) is 0 Å². The summed E-state index contributed by atoms with van der Waals surface area (Å²) in [7, 11) is 1.53. The monoisotopic (exact) mass is 242 g/mol. The van der Waals surface area contributed by atoms with E-state index in [1.54, 1.807) is 0 Å². The van der Waals surface area contributed by atoms with Crippen LogP contribution in [-0.4, -0.2) is 37.9 Å². The van der Waals surface area contributed by atoms with E-state index in [-0.39, 0.29) is 19.6 Å². The number of carbonyl (C=O) groups excluding carboxylic acids is 1. The predicted octanol–water partition coefficient (Wildman–Crippen LogP) is 0.809. The molecule has 0 rings (SSSR count). The summed E-state index contributed by atoms with van der Waals surface area (Å²) in [5, 5.41) is 2.66. The summed E-state index contributed by atoms with van der Waals surface area (Å²) in [5.41, 5.74) is 4.06. The van der Waals surface area contributed by atoms with Crippen molar-refractivity contribution in [1.29, 1.82) is 0 Å². The first-order valence-corrected chi connectivity index (χ1v) is 4.84. The average Bonchev–Trinajstić information content (AvgIpc) is 2.14. The lowest BCUT2D eigenvalue weighted by Crippen LogP contribution is -2.54. The molecular weight excluding hydrogens is 225 g/mol. The molecule has 0 aliphatic carbocycles. The minimum atomic E-state index is -4.17. The SMILES string of the molecule is CNC(C)(COCCCC(F)(F)F)C(N)=O. The van der Waals surface area contributed by atoms with Gasteiger partial charge in [0.1, 0.15) is 5.54 Å². The zero-order valence-electron chi connectivity index (χ0n) is 9.36. The fourth-order valence-corrected chi connectivity index (χ4v) is 0.917. The van der Waals surface area contributed by atoms with Gasteiger partial charge in [0.25, 0.3) is 0 Å². The molecule has 7 heteroatoms. The molecule has 4 nitrogen and oxygen atoms in total. The van der Waals surface area contributed by atoms with Gasteiger partial charge in [0.2, 0.25) is 5.91 Å². The van der Waals surface area contributed by atoms with Gasteiger partial charge in [-0.3, -0.25) is 4.79 Å². The number of amides is 1. The molecule has 0 radical (unpaired) electrons. The fraction of sp³-hybridized carbons (Fsp3) is 0.889. The van der Waals surface area contributed by atoms with Gasteiger partial charge in [-0.25, -0.2) is 0 Å². The molecule has 0 spiro atoms. The number of hydrogen-bond donors (Lipinski definition) is 2. The second-order valence-electron chi connectivity index (χ2n) is 3.72. The first kappa shape index (κ1) is 15.2. The zero-order chi connectivity index (χ0) is 12.8. The molecule has 0 bridgehead atoms. The van der Waals surface area contributed by atoms with Gasteiger partial charge in [0, 0.05) is 13.0 Å². The molecule has 1 unspecified atom stereocenters. The largest absolute Gasteiger partial charge is 0.389 e. The first-order chi connectivity index (χ1) is 7.21. The molecule has 0 saturated carbocycles. The summed E-state index contributed by atoms with van der Waals surface area (Å²) in [6, 6.07) is 0. The van der Waals surface area contributed by atoms with E-state index in [1.165, 1.54) is 14.0 Å². The summed E-state index contributed by atoms with van der Waals surface area (Å²) < 4.78 is 40.3. The lowest BCUT2D eigenvalue weighted by Gasteiger charge is -2.25. The quantitative estimate of drug-likeness (QED) is 0.649. The summed E-state index contributed by atoms with van der Waals surface area (Å²) in [6.45, 7) is 1.43. The Hall–Kier alpha value is -0.820. The van der Waals surface area contributed by atoms with E-state index in [1.807, 2.05) is 0 Å². The molecule has 1 atom stereocenters. The fourth-order valence-electron chi connectivity index (χ4n) is 0.917. The molecular formula is C9H17F3N2O2. The molecule has 0 saturated heterocycles. The Kier molecular flexibility index (Phi) is 5.74. The van der Waals surface area contributed by atoms with Crippen LogP contribution in [0.2, 0.25) is 0 Å². The minimum absolute atomic E-state index is 0.0449. The van der Waals surface area contributed by atoms with Crippen molar-refractivity contribution in [2.45, 2.75) is 31.5 Å². The summed E-state index contributed by atoms with van der Waals surface area (Å²) in [6.07, 6.45) is -5.18. The Labute approximate surface area is 92.3 Å². The highest BCUT2D eigenvalue weighted by Gasteiger charge is 2.30. The van der Waals surface area contributed by atoms with Gasteiger partial charge in [-0.2, -0.15) is 13.2 Å². The number of likely N-dealkylation sites (N-methyl/N-ethyl adjacent to an activating group) is 1. The normalized spacial score (nSPS) is 15.8. The van der Waals surface area contributed by atoms with Crippen LogP contribution in [-0.2, 0) is 9.53 Å². The highest BCUT2D eigenvalue weighted by molar-refractivity contribution is 5.84. The van der Waals surface area contributed by atoms with E-state index in [0.717, 1.165) is 0 Å². The topological polar surface area (TPSA) is 64.3 Å². The van der Waals surface area contributed by atoms with E-state index in [0.29, 0.717) is 0 Å². The maximum Gasteiger partial charge on any atom is 0.389 e. The van der Waals surface area contributed by atoms with Gasteiger partial charge >= 0.3 is 6.18 Å². The molecule has 3 N–H and O–H groups in total. The first-order valence-electron chi connectivity index (χ1n) is 4.84. The number of alkyl halides is 3. The van der Waals surface area contributed by atoms with E-state index in [4.69, 9.17) is 10.5 Å². The van der Waals surface area contributed by atoms with E-state index >= 15 is 0 Å². The van der Waals surface area contributed by atoms with Crippen molar-refractivity contribution in [2.24, 2.45) is 5.73 Å². The van der Waals surface area contributed by atoms with Gasteiger partial charge < -0.3 is 15.8 Å². The van der Waals surface area contributed by atoms with E-state index in [2.05, 4.69) is 5.32 Å². The third-order valence-electron chi connectivity index (χ3n) is 2.24. The van der Waals surface area contributed by atoms with Crippen LogP contribution in [0.15, 0.2) is 0 Å². The number of nitrogens with one attached hydrogen (secondary N) is 1. The molecule has 0 aliphatic rings. The maximum atomic E-state index is 11.8. The average molecular weight is 242 g/mol. The van der Waals surface area contributed by atoms with Crippen molar-refractivity contribution in [3.05, 3.63) is 0 Å². The van der Waals surface area contributed by atoms with Crippen LogP contribution in [0.4, 0.5) is 13.2 Å². The standard InChI is InChI=1S/C9H17F3N2O2/c1-8(14-2,7(13)15)6-16-5-3-4-9(10,11)12/h14H,3-6H2,1-2H3,(H2,13,15). The molecule has 0 aliphatic heterocycles. The molecule has 0 aromatic rings. The van der Waals surface area contributed by atoms with E-state index < -0.39 is 24.0 Å². The summed E-state index contributed by atoms with van der Waals surface area (Å²) in [5.74, 6) is -0.606. The van der Waals surface area contributed by atoms with Crippen LogP contribution in [0.3, 0.4) is 0 Å². The Balaban J connectivity index is 3.77. The Morgan fingerprint density at radius 2 is 2.00 bits per heavy atom. The van der Waals surface area contributed by atoms with Crippen molar-refractivity contribution >= 4 is 5.91 Å². The van der Waals surface area contributed by atoms with E-state index in [9.17, 15) is 18.0 Å². The second-order valence-corrected chi connectivity index (χ2v) is 3.72. The van der Waals surface area contributed by atoms with Crippen molar-refractivity contribution < 1.29 is 22.7 Å². The van der Waals surface area contributed by atoms with Crippen LogP contribution in [0.1, 0.15) is 19.8 Å². The zero-order valence-corrected chi connectivity index (χ0v) is 9.36. The highest BCUT2D eigenvalue weighted by atomic mass is 19.4. The third-order valence-corrected chi connectivity index (χ3v) is 2.24. The lowest BCUT2D eigenvalue weighted by molar-refractivity contribution is -0.139. The highest BCUT2D eigenvalue weighted by Crippen LogP contribution is 2.21. The van der Waals surface area contributed by atoms with Crippen LogP contribution in [0.5, 0.6) is 0 Å². The predicted molar refractivity (Wildman–Crippen MR) is 52.8 cm³/mol. The van der Waals surface area contributed by atoms with Crippen molar-refractivity contribution in [3.8, 4) is 0 Å². The molecule has 0 aromatic heterocycles. The second kappa shape index (κ2) is 6.05. The molecule has 0 fully saturated rings. The van der Waals surface area contributed by atoms with Crippen LogP contribution < -0.4 is 11.1 Å². The lowest BCUT2D eigenvalue weighted by atomic mass is 10.0. The van der Waals surface area contributed by atoms with Crippen molar-refractivity contribution in [2.75, 3.05) is 20.3 Å². The van der Waals surface area contributed by atoms with Gasteiger partial charge in [-0.05, 0) is 20.4 Å². The molecule has 0 heterocycles. The maximum absolute atomic E-state index is 11.8. The summed E-state index contributed by atoms with van der Waals surface area (Å²) >= 11 is 0. The van der Waals surface area contributed by atoms with Gasteiger partial charge in [-0.1, -0.05) is 0 Å². The number of primary amides is 1. The number of ether oxygens (including phenoxy) is 1. The number of hydrogen-bond acceptors (Lipinski definition) is 3. The number of nitrogens with two attached hydrogens (primary N) is 1. The van der Waals surface area contributed by atoms with Crippen LogP contribution in [0, 0.1) is 0 Å².